The Morgan fingerprint density at radius 2 is 1.81 bits per heavy atom. The molecule has 0 saturated carbocycles. The fourth-order valence-electron chi connectivity index (χ4n) is 2.68. The molecule has 0 saturated heterocycles. The van der Waals surface area contributed by atoms with Gasteiger partial charge in [-0.05, 0) is 65.7 Å². The maximum atomic E-state index is 13.0. The van der Waals surface area contributed by atoms with Crippen molar-refractivity contribution in [2.45, 2.75) is 6.61 Å². The van der Waals surface area contributed by atoms with Crippen LogP contribution in [0.4, 0.5) is 10.1 Å². The van der Waals surface area contributed by atoms with Crippen LogP contribution in [0.15, 0.2) is 72.3 Å². The minimum absolute atomic E-state index is 0.0722. The Balaban J connectivity index is 1.74. The average molecular weight is 437 g/mol. The standard InChI is InChI=1S/C24H18ClFN2O3/c1-30-23-13-17(4-11-22(23)31-15-16-2-7-20(26)8-3-16)12-18(14-27)24(29)28-21-9-5-19(25)6-10-21/h2-13H,15H2,1H3,(H,28,29)/b18-12-. The molecule has 3 aromatic carbocycles. The lowest BCUT2D eigenvalue weighted by molar-refractivity contribution is -0.112. The van der Waals surface area contributed by atoms with Crippen molar-refractivity contribution in [1.29, 1.82) is 5.26 Å². The lowest BCUT2D eigenvalue weighted by Gasteiger charge is -2.12. The van der Waals surface area contributed by atoms with E-state index in [1.165, 1.54) is 25.3 Å². The van der Waals surface area contributed by atoms with Crippen LogP contribution in [0.5, 0.6) is 11.5 Å². The molecule has 0 aliphatic heterocycles. The zero-order valence-corrected chi connectivity index (χ0v) is 17.3. The summed E-state index contributed by atoms with van der Waals surface area (Å²) in [6.45, 7) is 0.235. The number of halogens is 2. The quantitative estimate of drug-likeness (QED) is 0.386. The fraction of sp³-hybridized carbons (Fsp3) is 0.0833. The van der Waals surface area contributed by atoms with Gasteiger partial charge in [-0.1, -0.05) is 29.8 Å². The van der Waals surface area contributed by atoms with Crippen molar-refractivity contribution >= 4 is 29.3 Å². The van der Waals surface area contributed by atoms with Crippen LogP contribution in [-0.4, -0.2) is 13.0 Å². The van der Waals surface area contributed by atoms with Gasteiger partial charge in [-0.25, -0.2) is 4.39 Å². The SMILES string of the molecule is COc1cc(/C=C(/C#N)C(=O)Nc2ccc(Cl)cc2)ccc1OCc1ccc(F)cc1. The van der Waals surface area contributed by atoms with Crippen molar-refractivity contribution < 1.29 is 18.7 Å². The molecule has 0 unspecified atom stereocenters. The van der Waals surface area contributed by atoms with Gasteiger partial charge in [-0.3, -0.25) is 4.79 Å². The highest BCUT2D eigenvalue weighted by atomic mass is 35.5. The Bertz CT molecular complexity index is 1140. The molecule has 0 aromatic heterocycles. The van der Waals surface area contributed by atoms with Crippen molar-refractivity contribution in [1.82, 2.24) is 0 Å². The van der Waals surface area contributed by atoms with E-state index in [2.05, 4.69) is 5.32 Å². The van der Waals surface area contributed by atoms with E-state index in [0.717, 1.165) is 5.56 Å². The zero-order chi connectivity index (χ0) is 22.2. The number of rotatable bonds is 7. The molecule has 31 heavy (non-hydrogen) atoms. The molecule has 0 fully saturated rings. The molecule has 0 heterocycles. The minimum Gasteiger partial charge on any atom is -0.493 e. The maximum absolute atomic E-state index is 13.0. The number of hydrogen-bond acceptors (Lipinski definition) is 4. The number of methoxy groups -OCH3 is 1. The normalized spacial score (nSPS) is 10.8. The molecule has 156 valence electrons. The Kier molecular flexibility index (Phi) is 7.26. The van der Waals surface area contributed by atoms with Gasteiger partial charge in [-0.2, -0.15) is 5.26 Å². The summed E-state index contributed by atoms with van der Waals surface area (Å²) in [5.74, 6) is 0.0608. The molecule has 0 aliphatic carbocycles. The molecule has 7 heteroatoms. The van der Waals surface area contributed by atoms with Crippen LogP contribution >= 0.6 is 11.6 Å². The van der Waals surface area contributed by atoms with E-state index in [1.54, 1.807) is 54.6 Å². The predicted molar refractivity (Wildman–Crippen MR) is 117 cm³/mol. The summed E-state index contributed by atoms with van der Waals surface area (Å²) in [5.41, 5.74) is 1.85. The molecule has 5 nitrogen and oxygen atoms in total. The first-order valence-corrected chi connectivity index (χ1v) is 9.60. The summed E-state index contributed by atoms with van der Waals surface area (Å²) in [6.07, 6.45) is 1.46. The third-order valence-corrected chi connectivity index (χ3v) is 4.53. The van der Waals surface area contributed by atoms with Gasteiger partial charge in [0.05, 0.1) is 7.11 Å². The predicted octanol–water partition coefficient (Wildman–Crippen LogP) is 5.61. The van der Waals surface area contributed by atoms with Gasteiger partial charge in [-0.15, -0.1) is 0 Å². The summed E-state index contributed by atoms with van der Waals surface area (Å²) < 4.78 is 24.1. The van der Waals surface area contributed by atoms with E-state index in [9.17, 15) is 14.4 Å². The number of nitrogens with zero attached hydrogens (tertiary/aromatic N) is 1. The van der Waals surface area contributed by atoms with Gasteiger partial charge in [0.25, 0.3) is 5.91 Å². The first-order chi connectivity index (χ1) is 15.0. The van der Waals surface area contributed by atoms with Crippen molar-refractivity contribution in [3.8, 4) is 17.6 Å². The summed E-state index contributed by atoms with van der Waals surface area (Å²) in [5, 5.41) is 12.6. The van der Waals surface area contributed by atoms with Crippen LogP contribution in [0.25, 0.3) is 6.08 Å². The number of carbonyl (C=O) groups excluding carboxylic acids is 1. The summed E-state index contributed by atoms with van der Waals surface area (Å²) in [4.78, 5) is 12.4. The first kappa shape index (κ1) is 21.9. The van der Waals surface area contributed by atoms with E-state index in [1.807, 2.05) is 6.07 Å². The maximum Gasteiger partial charge on any atom is 0.266 e. The van der Waals surface area contributed by atoms with Gasteiger partial charge in [0.1, 0.15) is 24.1 Å². The number of nitrogens with one attached hydrogen (secondary N) is 1. The topological polar surface area (TPSA) is 71.3 Å². The van der Waals surface area contributed by atoms with Crippen molar-refractivity contribution in [2.75, 3.05) is 12.4 Å². The van der Waals surface area contributed by atoms with Gasteiger partial charge in [0.2, 0.25) is 0 Å². The second kappa shape index (κ2) is 10.3. The molecule has 0 aliphatic rings. The van der Waals surface area contributed by atoms with Gasteiger partial charge >= 0.3 is 0 Å². The number of ether oxygens (including phenoxy) is 2. The lowest BCUT2D eigenvalue weighted by atomic mass is 10.1. The first-order valence-electron chi connectivity index (χ1n) is 9.22. The largest absolute Gasteiger partial charge is 0.493 e. The number of anilines is 1. The Hall–Kier alpha value is -3.82. The number of nitriles is 1. The van der Waals surface area contributed by atoms with E-state index < -0.39 is 5.91 Å². The highest BCUT2D eigenvalue weighted by Gasteiger charge is 2.11. The third kappa shape index (κ3) is 6.08. The Morgan fingerprint density at radius 3 is 2.45 bits per heavy atom. The summed E-state index contributed by atoms with van der Waals surface area (Å²) in [6, 6.07) is 19.5. The summed E-state index contributed by atoms with van der Waals surface area (Å²) >= 11 is 5.84. The molecule has 3 rings (SSSR count). The van der Waals surface area contributed by atoms with Crippen LogP contribution in [0, 0.1) is 17.1 Å². The zero-order valence-electron chi connectivity index (χ0n) is 16.6. The van der Waals surface area contributed by atoms with Crippen LogP contribution in [0.1, 0.15) is 11.1 Å². The van der Waals surface area contributed by atoms with E-state index in [4.69, 9.17) is 21.1 Å². The Morgan fingerprint density at radius 1 is 1.10 bits per heavy atom. The second-order valence-electron chi connectivity index (χ2n) is 6.46. The highest BCUT2D eigenvalue weighted by molar-refractivity contribution is 6.30. The number of amides is 1. The average Bonchev–Trinajstić information content (AvgIpc) is 2.78. The van der Waals surface area contributed by atoms with Gasteiger partial charge < -0.3 is 14.8 Å². The fourth-order valence-corrected chi connectivity index (χ4v) is 2.81. The number of carbonyl (C=O) groups is 1. The van der Waals surface area contributed by atoms with Gasteiger partial charge in [0.15, 0.2) is 11.5 Å². The number of hydrogen-bond donors (Lipinski definition) is 1. The molecule has 0 radical (unpaired) electrons. The lowest BCUT2D eigenvalue weighted by Crippen LogP contribution is -2.13. The van der Waals surface area contributed by atoms with Crippen LogP contribution < -0.4 is 14.8 Å². The summed E-state index contributed by atoms with van der Waals surface area (Å²) in [7, 11) is 1.49. The molecular weight excluding hydrogens is 419 g/mol. The molecular formula is C24H18ClFN2O3. The van der Waals surface area contributed by atoms with E-state index in [0.29, 0.717) is 27.8 Å². The number of benzene rings is 3. The van der Waals surface area contributed by atoms with Crippen LogP contribution in [0.3, 0.4) is 0 Å². The Labute approximate surface area is 184 Å². The van der Waals surface area contributed by atoms with Crippen molar-refractivity contribution in [2.24, 2.45) is 0 Å². The smallest absolute Gasteiger partial charge is 0.266 e. The molecule has 1 N–H and O–H groups in total. The molecule has 1 amide bonds. The third-order valence-electron chi connectivity index (χ3n) is 4.27. The van der Waals surface area contributed by atoms with Crippen LogP contribution in [-0.2, 0) is 11.4 Å². The minimum atomic E-state index is -0.541. The highest BCUT2D eigenvalue weighted by Crippen LogP contribution is 2.30. The van der Waals surface area contributed by atoms with Crippen molar-refractivity contribution in [3.05, 3.63) is 94.3 Å². The van der Waals surface area contributed by atoms with E-state index in [-0.39, 0.29) is 18.0 Å². The second-order valence-corrected chi connectivity index (χ2v) is 6.89. The monoisotopic (exact) mass is 436 g/mol. The van der Waals surface area contributed by atoms with E-state index >= 15 is 0 Å². The van der Waals surface area contributed by atoms with Gasteiger partial charge in [0, 0.05) is 10.7 Å². The molecule has 0 spiro atoms. The van der Waals surface area contributed by atoms with Crippen molar-refractivity contribution in [3.63, 3.8) is 0 Å². The molecule has 0 bridgehead atoms. The molecule has 3 aromatic rings. The van der Waals surface area contributed by atoms with Crippen LogP contribution in [0.2, 0.25) is 5.02 Å². The molecule has 0 atom stereocenters.